The lowest BCUT2D eigenvalue weighted by molar-refractivity contribution is 0.458. The van der Waals surface area contributed by atoms with Crippen LogP contribution in [0, 0.1) is 0 Å². The summed E-state index contributed by atoms with van der Waals surface area (Å²) in [5, 5.41) is 0. The number of hydrogen-bond donors (Lipinski definition) is 1. The second-order valence-corrected chi connectivity index (χ2v) is 7.12. The van der Waals surface area contributed by atoms with Crippen molar-refractivity contribution < 1.29 is 13.2 Å². The van der Waals surface area contributed by atoms with Gasteiger partial charge in [-0.25, -0.2) is 13.4 Å². The van der Waals surface area contributed by atoms with Crippen LogP contribution in [0.25, 0.3) is 0 Å². The van der Waals surface area contributed by atoms with Crippen LogP contribution in [0.5, 0.6) is 11.6 Å². The molecule has 2 aromatic rings. The Morgan fingerprint density at radius 3 is 2.43 bits per heavy atom. The van der Waals surface area contributed by atoms with Gasteiger partial charge in [-0.3, -0.25) is 0 Å². The molecule has 1 saturated carbocycles. The maximum atomic E-state index is 11.4. The highest BCUT2D eigenvalue weighted by Gasteiger charge is 2.27. The number of benzene rings is 1. The smallest absolute Gasteiger partial charge is 0.224 e. The third kappa shape index (κ3) is 3.30. The van der Waals surface area contributed by atoms with Crippen LogP contribution in [0.1, 0.15) is 24.6 Å². The van der Waals surface area contributed by atoms with Gasteiger partial charge in [-0.1, -0.05) is 0 Å². The van der Waals surface area contributed by atoms with Crippen molar-refractivity contribution >= 4 is 15.7 Å². The van der Waals surface area contributed by atoms with E-state index in [0.29, 0.717) is 29.2 Å². The van der Waals surface area contributed by atoms with E-state index >= 15 is 0 Å². The van der Waals surface area contributed by atoms with Crippen molar-refractivity contribution in [3.05, 3.63) is 36.2 Å². The van der Waals surface area contributed by atoms with Gasteiger partial charge >= 0.3 is 0 Å². The summed E-state index contributed by atoms with van der Waals surface area (Å²) in [5.74, 6) is 2.33. The third-order valence-corrected chi connectivity index (χ3v) is 4.29. The molecule has 21 heavy (non-hydrogen) atoms. The molecule has 0 atom stereocenters. The van der Waals surface area contributed by atoms with Crippen LogP contribution in [0.2, 0.25) is 0 Å². The van der Waals surface area contributed by atoms with Crippen LogP contribution in [0.15, 0.2) is 35.2 Å². The highest BCUT2D eigenvalue weighted by molar-refractivity contribution is 7.90. The van der Waals surface area contributed by atoms with E-state index in [0.717, 1.165) is 19.1 Å². The fourth-order valence-corrected chi connectivity index (χ4v) is 2.54. The van der Waals surface area contributed by atoms with Gasteiger partial charge in [-0.15, -0.1) is 0 Å². The van der Waals surface area contributed by atoms with Crippen LogP contribution in [0.3, 0.4) is 0 Å². The predicted octanol–water partition coefficient (Wildman–Crippen LogP) is 2.13. The Labute approximate surface area is 122 Å². The second-order valence-electron chi connectivity index (χ2n) is 5.11. The molecule has 0 bridgehead atoms. The van der Waals surface area contributed by atoms with Crippen molar-refractivity contribution in [3.8, 4) is 11.6 Å². The van der Waals surface area contributed by atoms with Gasteiger partial charge in [0.25, 0.3) is 0 Å². The Morgan fingerprint density at radius 1 is 1.19 bits per heavy atom. The van der Waals surface area contributed by atoms with Crippen LogP contribution in [-0.4, -0.2) is 24.6 Å². The molecule has 7 heteroatoms. The summed E-state index contributed by atoms with van der Waals surface area (Å²) in [6, 6.07) is 7.72. The standard InChI is InChI=1S/C14H15N3O3S/c1-21(18,19)11-6-4-10(5-7-11)20-13-8-12(15)16-14(17-13)9-2-3-9/h4-9H,2-3H2,1H3,(H2,15,16,17). The van der Waals surface area contributed by atoms with Crippen LogP contribution < -0.4 is 10.5 Å². The topological polar surface area (TPSA) is 95.2 Å². The molecule has 0 unspecified atom stereocenters. The molecule has 6 nitrogen and oxygen atoms in total. The number of nitrogens with zero attached hydrogens (tertiary/aromatic N) is 2. The number of anilines is 1. The fourth-order valence-electron chi connectivity index (χ4n) is 1.91. The molecule has 1 aromatic heterocycles. The van der Waals surface area contributed by atoms with Crippen LogP contribution >= 0.6 is 0 Å². The van der Waals surface area contributed by atoms with Crippen molar-refractivity contribution in [3.63, 3.8) is 0 Å². The summed E-state index contributed by atoms with van der Waals surface area (Å²) in [6.07, 6.45) is 3.31. The first-order valence-corrected chi connectivity index (χ1v) is 8.43. The average Bonchev–Trinajstić information content (AvgIpc) is 3.21. The summed E-state index contributed by atoms with van der Waals surface area (Å²) in [5.41, 5.74) is 5.75. The minimum Gasteiger partial charge on any atom is -0.439 e. The van der Waals surface area contributed by atoms with Gasteiger partial charge in [0, 0.05) is 18.2 Å². The van der Waals surface area contributed by atoms with E-state index in [1.165, 1.54) is 12.1 Å². The molecule has 110 valence electrons. The minimum absolute atomic E-state index is 0.246. The van der Waals surface area contributed by atoms with E-state index in [9.17, 15) is 8.42 Å². The summed E-state index contributed by atoms with van der Waals surface area (Å²) in [6.45, 7) is 0. The van der Waals surface area contributed by atoms with E-state index in [-0.39, 0.29) is 4.90 Å². The second kappa shape index (κ2) is 5.00. The molecule has 0 spiro atoms. The number of hydrogen-bond acceptors (Lipinski definition) is 6. The zero-order valence-electron chi connectivity index (χ0n) is 11.5. The number of ether oxygens (including phenoxy) is 1. The monoisotopic (exact) mass is 305 g/mol. The SMILES string of the molecule is CS(=O)(=O)c1ccc(Oc2cc(N)nc(C3CC3)n2)cc1. The Morgan fingerprint density at radius 2 is 1.86 bits per heavy atom. The summed E-state index contributed by atoms with van der Waals surface area (Å²) < 4.78 is 28.4. The highest BCUT2D eigenvalue weighted by atomic mass is 32.2. The number of sulfone groups is 1. The molecular weight excluding hydrogens is 290 g/mol. The molecule has 1 aliphatic rings. The van der Waals surface area contributed by atoms with Crippen molar-refractivity contribution in [2.45, 2.75) is 23.7 Å². The highest BCUT2D eigenvalue weighted by Crippen LogP contribution is 2.39. The summed E-state index contributed by atoms with van der Waals surface area (Å²) >= 11 is 0. The molecule has 0 amide bonds. The number of aromatic nitrogens is 2. The molecule has 1 aliphatic carbocycles. The first-order valence-electron chi connectivity index (χ1n) is 6.54. The van der Waals surface area contributed by atoms with E-state index in [2.05, 4.69) is 9.97 Å². The maximum absolute atomic E-state index is 11.4. The zero-order chi connectivity index (χ0) is 15.0. The molecule has 2 N–H and O–H groups in total. The molecule has 1 fully saturated rings. The van der Waals surface area contributed by atoms with Crippen LogP contribution in [0.4, 0.5) is 5.82 Å². The molecule has 3 rings (SSSR count). The quantitative estimate of drug-likeness (QED) is 0.929. The van der Waals surface area contributed by atoms with Crippen molar-refractivity contribution in [1.82, 2.24) is 9.97 Å². The lowest BCUT2D eigenvalue weighted by Crippen LogP contribution is -2.00. The molecule has 0 radical (unpaired) electrons. The van der Waals surface area contributed by atoms with E-state index < -0.39 is 9.84 Å². The Balaban J connectivity index is 1.83. The van der Waals surface area contributed by atoms with Gasteiger partial charge in [-0.2, -0.15) is 4.98 Å². The van der Waals surface area contributed by atoms with Crippen molar-refractivity contribution in [2.75, 3.05) is 12.0 Å². The Hall–Kier alpha value is -2.15. The number of rotatable bonds is 4. The van der Waals surface area contributed by atoms with E-state index in [1.54, 1.807) is 18.2 Å². The first-order chi connectivity index (χ1) is 9.91. The van der Waals surface area contributed by atoms with Gasteiger partial charge < -0.3 is 10.5 Å². The van der Waals surface area contributed by atoms with Gasteiger partial charge in [-0.05, 0) is 37.1 Å². The van der Waals surface area contributed by atoms with Crippen molar-refractivity contribution in [2.24, 2.45) is 0 Å². The molecule has 0 aliphatic heterocycles. The molecule has 1 heterocycles. The lowest BCUT2D eigenvalue weighted by Gasteiger charge is -2.07. The zero-order valence-corrected chi connectivity index (χ0v) is 12.3. The van der Waals surface area contributed by atoms with E-state index in [1.807, 2.05) is 0 Å². The molecule has 1 aromatic carbocycles. The van der Waals surface area contributed by atoms with Gasteiger partial charge in [0.1, 0.15) is 17.4 Å². The largest absolute Gasteiger partial charge is 0.439 e. The maximum Gasteiger partial charge on any atom is 0.224 e. The molecule has 0 saturated heterocycles. The minimum atomic E-state index is -3.21. The average molecular weight is 305 g/mol. The first kappa shape index (κ1) is 13.8. The normalized spacial score (nSPS) is 14.9. The number of nitrogen functional groups attached to an aromatic ring is 1. The van der Waals surface area contributed by atoms with Gasteiger partial charge in [0.2, 0.25) is 5.88 Å². The van der Waals surface area contributed by atoms with Crippen LogP contribution in [-0.2, 0) is 9.84 Å². The lowest BCUT2D eigenvalue weighted by atomic mass is 10.3. The fraction of sp³-hybridized carbons (Fsp3) is 0.286. The summed E-state index contributed by atoms with van der Waals surface area (Å²) in [4.78, 5) is 8.77. The Bertz CT molecular complexity index is 769. The summed E-state index contributed by atoms with van der Waals surface area (Å²) in [7, 11) is -3.21. The third-order valence-electron chi connectivity index (χ3n) is 3.16. The van der Waals surface area contributed by atoms with Crippen molar-refractivity contribution in [1.29, 1.82) is 0 Å². The predicted molar refractivity (Wildman–Crippen MR) is 78.0 cm³/mol. The molecular formula is C14H15N3O3S. The Kier molecular flexibility index (Phi) is 3.29. The van der Waals surface area contributed by atoms with E-state index in [4.69, 9.17) is 10.5 Å². The number of nitrogens with two attached hydrogens (primary N) is 1. The van der Waals surface area contributed by atoms with Gasteiger partial charge in [0.15, 0.2) is 9.84 Å². The van der Waals surface area contributed by atoms with Gasteiger partial charge in [0.05, 0.1) is 4.90 Å².